The summed E-state index contributed by atoms with van der Waals surface area (Å²) in [7, 11) is -0.258. The molecule has 1 atom stereocenters. The molecule has 18 heavy (non-hydrogen) atoms. The van der Waals surface area contributed by atoms with E-state index in [1.54, 1.807) is 11.3 Å². The molecule has 3 rings (SSSR count). The van der Waals surface area contributed by atoms with Gasteiger partial charge in [0.15, 0.2) is 0 Å². The zero-order chi connectivity index (χ0) is 13.1. The Morgan fingerprint density at radius 2 is 2.00 bits per heavy atom. The molecule has 0 amide bonds. The van der Waals surface area contributed by atoms with Gasteiger partial charge in [-0.15, -0.1) is 0 Å². The Morgan fingerprint density at radius 1 is 1.28 bits per heavy atom. The van der Waals surface area contributed by atoms with Crippen LogP contribution in [0, 0.1) is 0 Å². The average molecular weight is 242 g/mol. The Kier molecular flexibility index (Phi) is 2.38. The number of rotatable bonds is 0. The van der Waals surface area contributed by atoms with Gasteiger partial charge in [0.05, 0.1) is 0 Å². The maximum atomic E-state index is 2.66. The summed E-state index contributed by atoms with van der Waals surface area (Å²) in [5.74, 6) is 0. The molecule has 1 aromatic rings. The van der Waals surface area contributed by atoms with Crippen LogP contribution in [0.1, 0.15) is 46.0 Å². The molecular formula is C15H23BN2. The van der Waals surface area contributed by atoms with Crippen LogP contribution in [0.3, 0.4) is 0 Å². The first-order valence-electron chi connectivity index (χ1n) is 7.11. The summed E-state index contributed by atoms with van der Waals surface area (Å²) in [6.07, 6.45) is 3.55. The fourth-order valence-electron chi connectivity index (χ4n) is 3.84. The fraction of sp³-hybridized carbons (Fsp3) is 0.533. The van der Waals surface area contributed by atoms with Crippen molar-refractivity contribution >= 4 is 13.3 Å². The highest BCUT2D eigenvalue weighted by atomic mass is 15.1. The lowest BCUT2D eigenvalue weighted by Gasteiger charge is -2.33. The van der Waals surface area contributed by atoms with Crippen LogP contribution in [0.15, 0.2) is 23.8 Å². The minimum Gasteiger partial charge on any atom is -0.467 e. The van der Waals surface area contributed by atoms with E-state index in [0.717, 1.165) is 0 Å². The van der Waals surface area contributed by atoms with Crippen LogP contribution in [0.25, 0.3) is 0 Å². The minimum atomic E-state index is -0.258. The molecule has 0 fully saturated rings. The summed E-state index contributed by atoms with van der Waals surface area (Å²) >= 11 is 0. The topological polar surface area (TPSA) is 7.94 Å². The molecule has 3 heteroatoms. The van der Waals surface area contributed by atoms with Crippen molar-refractivity contribution in [2.45, 2.75) is 52.5 Å². The monoisotopic (exact) mass is 242 g/mol. The smallest absolute Gasteiger partial charge is 0.348 e. The minimum absolute atomic E-state index is 0.255. The molecular weight excluding hydrogens is 219 g/mol. The van der Waals surface area contributed by atoms with Crippen LogP contribution in [0.2, 0.25) is 0 Å². The predicted molar refractivity (Wildman–Crippen MR) is 79.3 cm³/mol. The summed E-state index contributed by atoms with van der Waals surface area (Å²) < 4.78 is 5.30. The predicted octanol–water partition coefficient (Wildman–Crippen LogP) is 1.99. The third-order valence-electron chi connectivity index (χ3n) is 4.80. The third-order valence-corrected chi connectivity index (χ3v) is 4.80. The van der Waals surface area contributed by atoms with E-state index in [0.29, 0.717) is 6.04 Å². The number of hydrogen-bond acceptors (Lipinski definition) is 0. The van der Waals surface area contributed by atoms with Gasteiger partial charge in [-0.05, 0) is 41.4 Å². The van der Waals surface area contributed by atoms with Gasteiger partial charge >= 0.3 is 7.55 Å². The van der Waals surface area contributed by atoms with Gasteiger partial charge in [-0.2, -0.15) is 0 Å². The van der Waals surface area contributed by atoms with Gasteiger partial charge in [0.1, 0.15) is 11.8 Å². The van der Waals surface area contributed by atoms with E-state index in [1.165, 1.54) is 17.8 Å². The van der Waals surface area contributed by atoms with Crippen LogP contribution in [0.5, 0.6) is 0 Å². The van der Waals surface area contributed by atoms with Gasteiger partial charge in [0, 0.05) is 19.4 Å². The highest BCUT2D eigenvalue weighted by Gasteiger charge is 2.32. The molecule has 0 bridgehead atoms. The number of allylic oxidation sites excluding steroid dienone is 1. The second-order valence-electron chi connectivity index (χ2n) is 7.08. The van der Waals surface area contributed by atoms with Crippen molar-refractivity contribution < 1.29 is 4.49 Å². The first-order chi connectivity index (χ1) is 8.38. The Labute approximate surface area is 110 Å². The third kappa shape index (κ3) is 1.60. The summed E-state index contributed by atoms with van der Waals surface area (Å²) in [5, 5.41) is 0. The van der Waals surface area contributed by atoms with E-state index in [-0.39, 0.29) is 13.0 Å². The summed E-state index contributed by atoms with van der Waals surface area (Å²) in [4.78, 5) is 0. The Bertz CT molecular complexity index is 570. The second kappa shape index (κ2) is 3.63. The van der Waals surface area contributed by atoms with Crippen LogP contribution in [0.4, 0.5) is 0 Å². The van der Waals surface area contributed by atoms with Crippen molar-refractivity contribution in [2.75, 3.05) is 0 Å². The lowest BCUT2D eigenvalue weighted by molar-refractivity contribution is -0.420. The molecule has 2 aliphatic rings. The maximum Gasteiger partial charge on any atom is 0.348 e. The van der Waals surface area contributed by atoms with E-state index in [4.69, 9.17) is 0 Å². The average Bonchev–Trinajstić information content (AvgIpc) is 2.78. The van der Waals surface area contributed by atoms with Crippen molar-refractivity contribution in [2.24, 2.45) is 0 Å². The molecule has 0 aromatic carbocycles. The summed E-state index contributed by atoms with van der Waals surface area (Å²) in [6.45, 7) is 11.5. The van der Waals surface area contributed by atoms with E-state index in [2.05, 4.69) is 61.8 Å². The second-order valence-corrected chi connectivity index (χ2v) is 7.08. The Morgan fingerprint density at radius 3 is 2.67 bits per heavy atom. The number of aromatic nitrogens is 1. The molecule has 0 saturated heterocycles. The molecule has 0 spiro atoms. The van der Waals surface area contributed by atoms with Crippen LogP contribution < -0.4 is 0 Å². The fourth-order valence-corrected chi connectivity index (χ4v) is 3.84. The highest BCUT2D eigenvalue weighted by Crippen LogP contribution is 2.29. The van der Waals surface area contributed by atoms with Gasteiger partial charge in [-0.1, -0.05) is 20.8 Å². The van der Waals surface area contributed by atoms with E-state index < -0.39 is 0 Å². The quantitative estimate of drug-likeness (QED) is 0.615. The number of nitrogens with zero attached hydrogens (tertiary/aromatic N) is 2. The lowest BCUT2D eigenvalue weighted by atomic mass is 9.88. The lowest BCUT2D eigenvalue weighted by Crippen LogP contribution is -2.42. The van der Waals surface area contributed by atoms with E-state index >= 15 is 0 Å². The van der Waals surface area contributed by atoms with Crippen molar-refractivity contribution in [1.29, 1.82) is 0 Å². The van der Waals surface area contributed by atoms with Crippen molar-refractivity contribution in [3.63, 3.8) is 0 Å². The zero-order valence-electron chi connectivity index (χ0n) is 12.4. The van der Waals surface area contributed by atoms with Crippen molar-refractivity contribution in [3.05, 3.63) is 35.2 Å². The molecule has 0 N–H and O–H groups in total. The van der Waals surface area contributed by atoms with E-state index in [1.807, 2.05) is 0 Å². The summed E-state index contributed by atoms with van der Waals surface area (Å²) in [6, 6.07) is 5.35. The van der Waals surface area contributed by atoms with Crippen molar-refractivity contribution in [1.82, 2.24) is 4.48 Å². The molecule has 0 aliphatic carbocycles. The molecule has 1 unspecified atom stereocenters. The molecule has 2 aliphatic heterocycles. The molecule has 0 saturated carbocycles. The highest BCUT2D eigenvalue weighted by molar-refractivity contribution is 6.27. The zero-order valence-corrected chi connectivity index (χ0v) is 12.4. The number of fused-ring (bicyclic) bond motifs is 2. The largest absolute Gasteiger partial charge is 0.467 e. The van der Waals surface area contributed by atoms with Crippen LogP contribution >= 0.6 is 0 Å². The SMILES string of the molecule is CC1=CC(C)=[N+]2[BH2-]n3c(ccc3C(C)(C)C)CC12. The standard InChI is InChI=1S/C15H23BN2/c1-10-8-11(2)17-13(10)9-12-6-7-14(15(3,4)5)18(12)16-17/h6-8,13H,9,16H2,1-5H3. The van der Waals surface area contributed by atoms with Crippen LogP contribution in [-0.2, 0) is 11.8 Å². The maximum absolute atomic E-state index is 2.66. The van der Waals surface area contributed by atoms with Gasteiger partial charge < -0.3 is 8.96 Å². The molecule has 2 nitrogen and oxygen atoms in total. The molecule has 0 radical (unpaired) electrons. The normalized spacial score (nSPS) is 22.9. The molecule has 96 valence electrons. The first kappa shape index (κ1) is 11.8. The van der Waals surface area contributed by atoms with E-state index in [9.17, 15) is 0 Å². The van der Waals surface area contributed by atoms with Crippen LogP contribution in [-0.4, -0.2) is 28.3 Å². The van der Waals surface area contributed by atoms with Gasteiger partial charge in [0.25, 0.3) is 0 Å². The first-order valence-corrected chi connectivity index (χ1v) is 7.11. The van der Waals surface area contributed by atoms with Gasteiger partial charge in [-0.25, -0.2) is 0 Å². The Hall–Kier alpha value is -1.25. The molecule has 3 heterocycles. The summed E-state index contributed by atoms with van der Waals surface area (Å²) in [5.41, 5.74) is 6.32. The van der Waals surface area contributed by atoms with Gasteiger partial charge in [-0.3, -0.25) is 0 Å². The van der Waals surface area contributed by atoms with Gasteiger partial charge in [0.2, 0.25) is 0 Å². The number of hydrogen-bond donors (Lipinski definition) is 0. The van der Waals surface area contributed by atoms with Crippen molar-refractivity contribution in [3.8, 4) is 0 Å². The molecule has 1 aromatic heterocycles. The Balaban J connectivity index is 2.07.